The minimum Gasteiger partial charge on any atom is -0.383 e. The molecule has 0 heterocycles. The van der Waals surface area contributed by atoms with E-state index >= 15 is 0 Å². The minimum atomic E-state index is 0.691. The second-order valence-corrected chi connectivity index (χ2v) is 5.41. The second kappa shape index (κ2) is 11.0. The van der Waals surface area contributed by atoms with E-state index in [1.54, 1.807) is 7.11 Å². The van der Waals surface area contributed by atoms with E-state index in [4.69, 9.17) is 4.74 Å². The second-order valence-electron chi connectivity index (χ2n) is 5.41. The van der Waals surface area contributed by atoms with Crippen molar-refractivity contribution in [3.63, 3.8) is 0 Å². The van der Waals surface area contributed by atoms with E-state index in [9.17, 15) is 0 Å². The van der Waals surface area contributed by atoms with E-state index in [-0.39, 0.29) is 0 Å². The first-order chi connectivity index (χ1) is 10.7. The highest BCUT2D eigenvalue weighted by Gasteiger charge is 2.00. The monoisotopic (exact) mass is 306 g/mol. The molecule has 5 nitrogen and oxygen atoms in total. The molecular formula is C17H30N4O. The van der Waals surface area contributed by atoms with Crippen LogP contribution in [0.5, 0.6) is 0 Å². The van der Waals surface area contributed by atoms with Gasteiger partial charge in [0.1, 0.15) is 0 Å². The summed E-state index contributed by atoms with van der Waals surface area (Å²) in [5.74, 6) is 0.865. The summed E-state index contributed by atoms with van der Waals surface area (Å²) < 4.78 is 5.08. The molecule has 2 N–H and O–H groups in total. The molecular weight excluding hydrogens is 276 g/mol. The lowest BCUT2D eigenvalue weighted by Gasteiger charge is -2.17. The van der Waals surface area contributed by atoms with Crippen molar-refractivity contribution in [2.45, 2.75) is 20.4 Å². The van der Waals surface area contributed by atoms with Crippen molar-refractivity contribution >= 4 is 5.96 Å². The van der Waals surface area contributed by atoms with Gasteiger partial charge in [0.15, 0.2) is 5.96 Å². The molecule has 124 valence electrons. The highest BCUT2D eigenvalue weighted by Crippen LogP contribution is 2.04. The molecule has 0 fully saturated rings. The highest BCUT2D eigenvalue weighted by molar-refractivity contribution is 5.79. The number of hydrogen-bond acceptors (Lipinski definition) is 3. The Morgan fingerprint density at radius 3 is 2.77 bits per heavy atom. The Hall–Kier alpha value is -1.59. The van der Waals surface area contributed by atoms with Crippen LogP contribution in [-0.4, -0.2) is 57.8 Å². The van der Waals surface area contributed by atoms with Gasteiger partial charge in [-0.3, -0.25) is 0 Å². The molecule has 0 unspecified atom stereocenters. The van der Waals surface area contributed by atoms with Crippen molar-refractivity contribution in [2.75, 3.05) is 46.9 Å². The normalized spacial score (nSPS) is 11.8. The number of benzene rings is 1. The van der Waals surface area contributed by atoms with Gasteiger partial charge in [0.25, 0.3) is 0 Å². The van der Waals surface area contributed by atoms with Crippen molar-refractivity contribution in [1.82, 2.24) is 15.5 Å². The average molecular weight is 306 g/mol. The summed E-state index contributed by atoms with van der Waals surface area (Å²) >= 11 is 0. The number of hydrogen-bond donors (Lipinski definition) is 2. The van der Waals surface area contributed by atoms with Crippen LogP contribution >= 0.6 is 0 Å². The number of methoxy groups -OCH3 is 1. The van der Waals surface area contributed by atoms with Gasteiger partial charge >= 0.3 is 0 Å². The maximum atomic E-state index is 5.08. The molecule has 0 aliphatic carbocycles. The quantitative estimate of drug-likeness (QED) is 0.538. The largest absolute Gasteiger partial charge is 0.383 e. The zero-order chi connectivity index (χ0) is 16.2. The zero-order valence-electron chi connectivity index (χ0n) is 14.4. The van der Waals surface area contributed by atoms with Crippen molar-refractivity contribution in [2.24, 2.45) is 4.99 Å². The van der Waals surface area contributed by atoms with Crippen LogP contribution in [0.25, 0.3) is 0 Å². The van der Waals surface area contributed by atoms with E-state index in [1.807, 2.05) is 0 Å². The fourth-order valence-corrected chi connectivity index (χ4v) is 2.05. The van der Waals surface area contributed by atoms with Crippen LogP contribution in [0.3, 0.4) is 0 Å². The fraction of sp³-hybridized carbons (Fsp3) is 0.588. The molecule has 0 aromatic heterocycles. The summed E-state index contributed by atoms with van der Waals surface area (Å²) in [4.78, 5) is 6.87. The lowest BCUT2D eigenvalue weighted by molar-refractivity contribution is 0.162. The number of nitrogens with one attached hydrogen (secondary N) is 2. The summed E-state index contributed by atoms with van der Waals surface area (Å²) in [6.07, 6.45) is 0. The van der Waals surface area contributed by atoms with Gasteiger partial charge < -0.3 is 20.3 Å². The molecule has 0 aliphatic heterocycles. The molecule has 0 saturated heterocycles. The lowest BCUT2D eigenvalue weighted by atomic mass is 10.1. The van der Waals surface area contributed by atoms with Crippen LogP contribution in [0.1, 0.15) is 18.1 Å². The van der Waals surface area contributed by atoms with Gasteiger partial charge in [0.05, 0.1) is 13.2 Å². The molecule has 22 heavy (non-hydrogen) atoms. The molecule has 1 aromatic rings. The van der Waals surface area contributed by atoms with Gasteiger partial charge in [0.2, 0.25) is 0 Å². The van der Waals surface area contributed by atoms with Crippen molar-refractivity contribution in [3.05, 3.63) is 35.4 Å². The van der Waals surface area contributed by atoms with Crippen LogP contribution < -0.4 is 10.6 Å². The predicted octanol–water partition coefficient (Wildman–Crippen LogP) is 1.63. The molecule has 0 amide bonds. The van der Waals surface area contributed by atoms with Crippen LogP contribution in [0.2, 0.25) is 0 Å². The Bertz CT molecular complexity index is 448. The Labute approximate surface area is 134 Å². The summed E-state index contributed by atoms with van der Waals surface area (Å²) in [7, 11) is 3.82. The number of nitrogens with zero attached hydrogens (tertiary/aromatic N) is 2. The molecule has 5 heteroatoms. The van der Waals surface area contributed by atoms with E-state index in [1.165, 1.54) is 11.1 Å². The third-order valence-corrected chi connectivity index (χ3v) is 3.31. The third kappa shape index (κ3) is 8.00. The maximum Gasteiger partial charge on any atom is 0.191 e. The smallest absolute Gasteiger partial charge is 0.191 e. The molecule has 1 aromatic carbocycles. The number of aryl methyl sites for hydroxylation is 1. The summed E-state index contributed by atoms with van der Waals surface area (Å²) in [6.45, 7) is 9.25. The topological polar surface area (TPSA) is 48.9 Å². The van der Waals surface area contributed by atoms with Gasteiger partial charge in [-0.1, -0.05) is 29.8 Å². The van der Waals surface area contributed by atoms with Crippen LogP contribution in [0.15, 0.2) is 29.3 Å². The van der Waals surface area contributed by atoms with E-state index in [0.29, 0.717) is 6.54 Å². The Balaban J connectivity index is 2.42. The Morgan fingerprint density at radius 1 is 1.27 bits per heavy atom. The zero-order valence-corrected chi connectivity index (χ0v) is 14.4. The van der Waals surface area contributed by atoms with E-state index in [2.05, 4.69) is 65.7 Å². The SMILES string of the molecule is CCNC(=NCc1cccc(C)c1)NCCN(C)CCOC. The molecule has 0 bridgehead atoms. The van der Waals surface area contributed by atoms with Crippen molar-refractivity contribution in [1.29, 1.82) is 0 Å². The first-order valence-electron chi connectivity index (χ1n) is 7.91. The van der Waals surface area contributed by atoms with E-state index < -0.39 is 0 Å². The number of rotatable bonds is 9. The van der Waals surface area contributed by atoms with Gasteiger partial charge in [-0.05, 0) is 26.5 Å². The van der Waals surface area contributed by atoms with Gasteiger partial charge in [-0.15, -0.1) is 0 Å². The van der Waals surface area contributed by atoms with Crippen LogP contribution in [0.4, 0.5) is 0 Å². The first-order valence-corrected chi connectivity index (χ1v) is 7.91. The van der Waals surface area contributed by atoms with Crippen LogP contribution in [-0.2, 0) is 11.3 Å². The molecule has 0 aliphatic rings. The summed E-state index contributed by atoms with van der Waals surface area (Å²) in [6, 6.07) is 8.46. The molecule has 0 spiro atoms. The van der Waals surface area contributed by atoms with Gasteiger partial charge in [0, 0.05) is 33.3 Å². The minimum absolute atomic E-state index is 0.691. The highest BCUT2D eigenvalue weighted by atomic mass is 16.5. The number of guanidine groups is 1. The third-order valence-electron chi connectivity index (χ3n) is 3.31. The Morgan fingerprint density at radius 2 is 2.09 bits per heavy atom. The fourth-order valence-electron chi connectivity index (χ4n) is 2.05. The predicted molar refractivity (Wildman–Crippen MR) is 93.4 cm³/mol. The molecule has 0 atom stereocenters. The number of aliphatic imine (C=N–C) groups is 1. The lowest BCUT2D eigenvalue weighted by Crippen LogP contribution is -2.41. The maximum absolute atomic E-state index is 5.08. The van der Waals surface area contributed by atoms with E-state index in [0.717, 1.165) is 38.7 Å². The van der Waals surface area contributed by atoms with Gasteiger partial charge in [-0.2, -0.15) is 0 Å². The van der Waals surface area contributed by atoms with Crippen molar-refractivity contribution in [3.8, 4) is 0 Å². The van der Waals surface area contributed by atoms with Crippen LogP contribution in [0, 0.1) is 6.92 Å². The average Bonchev–Trinajstić information content (AvgIpc) is 2.50. The Kier molecular flexibility index (Phi) is 9.26. The number of likely N-dealkylation sites (N-methyl/N-ethyl adjacent to an activating group) is 1. The summed E-state index contributed by atoms with van der Waals surface area (Å²) in [5.41, 5.74) is 2.50. The van der Waals surface area contributed by atoms with Crippen molar-refractivity contribution < 1.29 is 4.74 Å². The standard InChI is InChI=1S/C17H30N4O/c1-5-18-17(19-9-10-21(3)11-12-22-4)20-14-16-8-6-7-15(2)13-16/h6-8,13H,5,9-12,14H2,1-4H3,(H2,18,19,20). The summed E-state index contributed by atoms with van der Waals surface area (Å²) in [5, 5.41) is 6.65. The number of ether oxygens (including phenoxy) is 1. The molecule has 0 saturated carbocycles. The van der Waals surface area contributed by atoms with Gasteiger partial charge in [-0.25, -0.2) is 4.99 Å². The molecule has 1 rings (SSSR count). The molecule has 0 radical (unpaired) electrons. The first kappa shape index (κ1) is 18.5.